The lowest BCUT2D eigenvalue weighted by Gasteiger charge is -2.11. The van der Waals surface area contributed by atoms with Gasteiger partial charge < -0.3 is 14.8 Å². The van der Waals surface area contributed by atoms with Gasteiger partial charge >= 0.3 is 0 Å². The van der Waals surface area contributed by atoms with E-state index in [4.69, 9.17) is 21.1 Å². The lowest BCUT2D eigenvalue weighted by molar-refractivity contribution is -0.384. The van der Waals surface area contributed by atoms with Gasteiger partial charge in [-0.25, -0.2) is 5.43 Å². The van der Waals surface area contributed by atoms with Crippen molar-refractivity contribution < 1.29 is 24.0 Å². The molecule has 0 aliphatic carbocycles. The molecule has 0 aliphatic rings. The Bertz CT molecular complexity index is 1230. The summed E-state index contributed by atoms with van der Waals surface area (Å²) in [6.07, 6.45) is 1.37. The van der Waals surface area contributed by atoms with Gasteiger partial charge in [-0.1, -0.05) is 17.7 Å². The number of methoxy groups -OCH3 is 1. The van der Waals surface area contributed by atoms with Gasteiger partial charge in [0.15, 0.2) is 18.1 Å². The van der Waals surface area contributed by atoms with Gasteiger partial charge in [0.05, 0.1) is 18.2 Å². The number of rotatable bonds is 9. The number of nitrogens with zero attached hydrogens (tertiary/aromatic N) is 2. The second kappa shape index (κ2) is 11.4. The first-order chi connectivity index (χ1) is 16.4. The smallest absolute Gasteiger partial charge is 0.271 e. The fraction of sp³-hybridized carbons (Fsp3) is 0.0870. The molecule has 2 amide bonds. The first kappa shape index (κ1) is 24.2. The summed E-state index contributed by atoms with van der Waals surface area (Å²) in [5.41, 5.74) is 3.38. The lowest BCUT2D eigenvalue weighted by atomic mass is 10.2. The van der Waals surface area contributed by atoms with Crippen molar-refractivity contribution in [3.63, 3.8) is 0 Å². The number of amides is 2. The summed E-state index contributed by atoms with van der Waals surface area (Å²) in [5.74, 6) is -0.266. The van der Waals surface area contributed by atoms with E-state index < -0.39 is 10.8 Å². The number of carbonyl (C=O) groups is 2. The average Bonchev–Trinajstić information content (AvgIpc) is 2.84. The third-order valence-corrected chi connectivity index (χ3v) is 4.63. The summed E-state index contributed by atoms with van der Waals surface area (Å²) in [6, 6.07) is 16.8. The molecule has 34 heavy (non-hydrogen) atoms. The van der Waals surface area contributed by atoms with Gasteiger partial charge in [-0.05, 0) is 54.1 Å². The molecule has 0 radical (unpaired) electrons. The van der Waals surface area contributed by atoms with E-state index in [0.29, 0.717) is 27.8 Å². The highest BCUT2D eigenvalue weighted by Crippen LogP contribution is 2.27. The zero-order valence-corrected chi connectivity index (χ0v) is 18.6. The number of ether oxygens (including phenoxy) is 2. The molecule has 0 fully saturated rings. The number of halogens is 1. The minimum Gasteiger partial charge on any atom is -0.493 e. The molecule has 0 saturated carbocycles. The van der Waals surface area contributed by atoms with Gasteiger partial charge in [0.2, 0.25) is 0 Å². The van der Waals surface area contributed by atoms with E-state index in [9.17, 15) is 19.7 Å². The quantitative estimate of drug-likeness (QED) is 0.269. The Morgan fingerprint density at radius 2 is 1.85 bits per heavy atom. The Morgan fingerprint density at radius 1 is 1.09 bits per heavy atom. The highest BCUT2D eigenvalue weighted by Gasteiger charge is 2.11. The van der Waals surface area contributed by atoms with Gasteiger partial charge in [-0.3, -0.25) is 19.7 Å². The average molecular weight is 483 g/mol. The zero-order valence-electron chi connectivity index (χ0n) is 17.9. The second-order valence-electron chi connectivity index (χ2n) is 6.76. The summed E-state index contributed by atoms with van der Waals surface area (Å²) in [4.78, 5) is 34.5. The van der Waals surface area contributed by atoms with E-state index >= 15 is 0 Å². The molecule has 10 nitrogen and oxygen atoms in total. The minimum atomic E-state index is -0.599. The molecule has 0 atom stereocenters. The van der Waals surface area contributed by atoms with Crippen molar-refractivity contribution in [3.05, 3.63) is 93.0 Å². The maximum Gasteiger partial charge on any atom is 0.271 e. The monoisotopic (exact) mass is 482 g/mol. The van der Waals surface area contributed by atoms with E-state index in [1.165, 1.54) is 31.5 Å². The molecule has 0 bridgehead atoms. The summed E-state index contributed by atoms with van der Waals surface area (Å²) < 4.78 is 10.8. The van der Waals surface area contributed by atoms with Crippen LogP contribution in [0.1, 0.15) is 15.9 Å². The van der Waals surface area contributed by atoms with Crippen LogP contribution in [0.15, 0.2) is 71.8 Å². The standard InChI is InChI=1S/C23H19ClN4O6/c1-33-21-11-15(13-25-27-23(30)16-3-2-4-19(12-16)28(31)32)5-10-20(21)34-14-22(29)26-18-8-6-17(24)7-9-18/h2-13H,14H2,1H3,(H,26,29)(H,27,30)/b25-13+. The Labute approximate surface area is 199 Å². The van der Waals surface area contributed by atoms with Crippen LogP contribution in [0.3, 0.4) is 0 Å². The van der Waals surface area contributed by atoms with E-state index in [-0.39, 0.29) is 23.8 Å². The number of nitrogens with one attached hydrogen (secondary N) is 2. The van der Waals surface area contributed by atoms with Crippen molar-refractivity contribution in [1.29, 1.82) is 0 Å². The maximum absolute atomic E-state index is 12.1. The third-order valence-electron chi connectivity index (χ3n) is 4.37. The molecule has 3 aromatic rings. The first-order valence-electron chi connectivity index (χ1n) is 9.80. The fourth-order valence-electron chi connectivity index (χ4n) is 2.75. The molecule has 3 rings (SSSR count). The number of carbonyl (C=O) groups excluding carboxylic acids is 2. The van der Waals surface area contributed by atoms with E-state index in [1.54, 1.807) is 42.5 Å². The van der Waals surface area contributed by atoms with Gasteiger partial charge in [-0.2, -0.15) is 5.10 Å². The van der Waals surface area contributed by atoms with E-state index in [0.717, 1.165) is 6.07 Å². The van der Waals surface area contributed by atoms with Crippen LogP contribution >= 0.6 is 11.6 Å². The van der Waals surface area contributed by atoms with Crippen LogP contribution in [0.5, 0.6) is 11.5 Å². The number of non-ortho nitro benzene ring substituents is 1. The zero-order chi connectivity index (χ0) is 24.5. The predicted molar refractivity (Wildman–Crippen MR) is 127 cm³/mol. The molecular weight excluding hydrogens is 464 g/mol. The van der Waals surface area contributed by atoms with Crippen LogP contribution in [0.2, 0.25) is 5.02 Å². The van der Waals surface area contributed by atoms with Crippen molar-refractivity contribution in [1.82, 2.24) is 5.43 Å². The number of hydrogen-bond acceptors (Lipinski definition) is 7. The van der Waals surface area contributed by atoms with Crippen molar-refractivity contribution in [3.8, 4) is 11.5 Å². The molecule has 0 heterocycles. The number of anilines is 1. The van der Waals surface area contributed by atoms with Crippen molar-refractivity contribution in [2.24, 2.45) is 5.10 Å². The summed E-state index contributed by atoms with van der Waals surface area (Å²) in [6.45, 7) is -0.244. The van der Waals surface area contributed by atoms with Gasteiger partial charge in [0.25, 0.3) is 17.5 Å². The van der Waals surface area contributed by atoms with Gasteiger partial charge in [-0.15, -0.1) is 0 Å². The lowest BCUT2D eigenvalue weighted by Crippen LogP contribution is -2.20. The SMILES string of the molecule is COc1cc(/C=N/NC(=O)c2cccc([N+](=O)[O-])c2)ccc1OCC(=O)Nc1ccc(Cl)cc1. The van der Waals surface area contributed by atoms with Crippen LogP contribution < -0.4 is 20.2 Å². The van der Waals surface area contributed by atoms with Crippen molar-refractivity contribution in [2.45, 2.75) is 0 Å². The Morgan fingerprint density at radius 3 is 2.56 bits per heavy atom. The maximum atomic E-state index is 12.1. The number of hydrogen-bond donors (Lipinski definition) is 2. The fourth-order valence-corrected chi connectivity index (χ4v) is 2.87. The third kappa shape index (κ3) is 6.78. The second-order valence-corrected chi connectivity index (χ2v) is 7.20. The van der Waals surface area contributed by atoms with Crippen LogP contribution in [-0.4, -0.2) is 36.7 Å². The van der Waals surface area contributed by atoms with Crippen LogP contribution in [0.4, 0.5) is 11.4 Å². The van der Waals surface area contributed by atoms with E-state index in [1.807, 2.05) is 0 Å². The first-order valence-corrected chi connectivity index (χ1v) is 10.2. The number of benzene rings is 3. The van der Waals surface area contributed by atoms with Gasteiger partial charge in [0.1, 0.15) is 0 Å². The molecule has 3 aromatic carbocycles. The summed E-state index contributed by atoms with van der Waals surface area (Å²) >= 11 is 5.82. The van der Waals surface area contributed by atoms with Crippen molar-refractivity contribution in [2.75, 3.05) is 19.0 Å². The molecule has 174 valence electrons. The summed E-state index contributed by atoms with van der Waals surface area (Å²) in [5, 5.41) is 17.9. The molecule has 0 spiro atoms. The van der Waals surface area contributed by atoms with Crippen LogP contribution in [0.25, 0.3) is 0 Å². The molecule has 2 N–H and O–H groups in total. The number of hydrazone groups is 1. The highest BCUT2D eigenvalue weighted by molar-refractivity contribution is 6.30. The molecule has 11 heteroatoms. The predicted octanol–water partition coefficient (Wildman–Crippen LogP) is 4.04. The molecular formula is C23H19ClN4O6. The Kier molecular flexibility index (Phi) is 8.14. The molecule has 0 aliphatic heterocycles. The number of nitro benzene ring substituents is 1. The number of nitro groups is 1. The highest BCUT2D eigenvalue weighted by atomic mass is 35.5. The van der Waals surface area contributed by atoms with Crippen molar-refractivity contribution >= 4 is 41.0 Å². The molecule has 0 aromatic heterocycles. The largest absolute Gasteiger partial charge is 0.493 e. The summed E-state index contributed by atoms with van der Waals surface area (Å²) in [7, 11) is 1.45. The van der Waals surface area contributed by atoms with Crippen LogP contribution in [0, 0.1) is 10.1 Å². The normalized spacial score (nSPS) is 10.5. The molecule has 0 unspecified atom stereocenters. The Hall–Kier alpha value is -4.44. The van der Waals surface area contributed by atoms with Crippen LogP contribution in [-0.2, 0) is 4.79 Å². The molecule has 0 saturated heterocycles. The minimum absolute atomic E-state index is 0.101. The Balaban J connectivity index is 1.57. The topological polar surface area (TPSA) is 132 Å². The van der Waals surface area contributed by atoms with E-state index in [2.05, 4.69) is 15.8 Å². The van der Waals surface area contributed by atoms with Gasteiger partial charge in [0, 0.05) is 28.4 Å².